The summed E-state index contributed by atoms with van der Waals surface area (Å²) in [5.41, 5.74) is 0.861. The van der Waals surface area contributed by atoms with Crippen LogP contribution in [0, 0.1) is 0 Å². The van der Waals surface area contributed by atoms with Gasteiger partial charge in [-0.3, -0.25) is 4.98 Å². The summed E-state index contributed by atoms with van der Waals surface area (Å²) in [6.07, 6.45) is 1.78. The fourth-order valence-electron chi connectivity index (χ4n) is 3.76. The fourth-order valence-corrected chi connectivity index (χ4v) is 3.76. The van der Waals surface area contributed by atoms with Crippen LogP contribution in [-0.2, 0) is 0 Å². The Bertz CT molecular complexity index is 1200. The molecule has 0 N–H and O–H groups in total. The highest BCUT2D eigenvalue weighted by Crippen LogP contribution is 2.49. The zero-order valence-corrected chi connectivity index (χ0v) is 16.5. The van der Waals surface area contributed by atoms with Crippen molar-refractivity contribution in [2.45, 2.75) is 0 Å². The Hall–Kier alpha value is -3.41. The lowest BCUT2D eigenvalue weighted by molar-refractivity contribution is 0.327. The molecule has 4 aromatic rings. The number of rotatable bonds is 5. The molecule has 0 bridgehead atoms. The molecule has 0 aliphatic heterocycles. The van der Waals surface area contributed by atoms with Gasteiger partial charge >= 0.3 is 0 Å². The van der Waals surface area contributed by atoms with E-state index in [1.54, 1.807) is 41.7 Å². The SMILES string of the molecule is COc1cc2c(cc1OC)c1c(OC)c(OC)c(OC)cc1c1cccnc21. The Balaban J connectivity index is 2.35. The van der Waals surface area contributed by atoms with E-state index in [-0.39, 0.29) is 0 Å². The third-order valence-corrected chi connectivity index (χ3v) is 4.98. The summed E-state index contributed by atoms with van der Waals surface area (Å²) >= 11 is 0. The second kappa shape index (κ2) is 6.96. The Kier molecular flexibility index (Phi) is 4.47. The molecule has 6 heteroatoms. The van der Waals surface area contributed by atoms with Crippen LogP contribution >= 0.6 is 0 Å². The summed E-state index contributed by atoms with van der Waals surface area (Å²) in [6.45, 7) is 0. The average Bonchev–Trinajstić information content (AvgIpc) is 2.76. The lowest BCUT2D eigenvalue weighted by Crippen LogP contribution is -1.98. The average molecular weight is 379 g/mol. The number of methoxy groups -OCH3 is 5. The van der Waals surface area contributed by atoms with E-state index >= 15 is 0 Å². The third kappa shape index (κ3) is 2.45. The topological polar surface area (TPSA) is 59.0 Å². The van der Waals surface area contributed by atoms with Gasteiger partial charge in [-0.15, -0.1) is 0 Å². The van der Waals surface area contributed by atoms with Gasteiger partial charge in [0.25, 0.3) is 0 Å². The minimum atomic E-state index is 0.539. The number of ether oxygens (including phenoxy) is 5. The van der Waals surface area contributed by atoms with Gasteiger partial charge in [0.15, 0.2) is 23.0 Å². The highest BCUT2D eigenvalue weighted by Gasteiger charge is 2.22. The zero-order valence-electron chi connectivity index (χ0n) is 16.5. The summed E-state index contributed by atoms with van der Waals surface area (Å²) in [6, 6.07) is 9.79. The van der Waals surface area contributed by atoms with Gasteiger partial charge in [-0.25, -0.2) is 0 Å². The minimum absolute atomic E-state index is 0.539. The van der Waals surface area contributed by atoms with E-state index in [1.165, 1.54) is 0 Å². The van der Waals surface area contributed by atoms with Gasteiger partial charge < -0.3 is 23.7 Å². The van der Waals surface area contributed by atoms with Gasteiger partial charge in [-0.1, -0.05) is 6.07 Å². The smallest absolute Gasteiger partial charge is 0.203 e. The molecule has 144 valence electrons. The van der Waals surface area contributed by atoms with E-state index in [0.29, 0.717) is 28.7 Å². The molecule has 0 fully saturated rings. The maximum absolute atomic E-state index is 5.78. The largest absolute Gasteiger partial charge is 0.493 e. The van der Waals surface area contributed by atoms with E-state index in [2.05, 4.69) is 4.98 Å². The summed E-state index contributed by atoms with van der Waals surface area (Å²) < 4.78 is 28.0. The molecule has 28 heavy (non-hydrogen) atoms. The molecule has 0 aliphatic carbocycles. The predicted octanol–water partition coefficient (Wildman–Crippen LogP) is 4.58. The first-order chi connectivity index (χ1) is 13.7. The van der Waals surface area contributed by atoms with Crippen molar-refractivity contribution < 1.29 is 23.7 Å². The van der Waals surface area contributed by atoms with Crippen molar-refractivity contribution in [1.29, 1.82) is 0 Å². The maximum Gasteiger partial charge on any atom is 0.203 e. The summed E-state index contributed by atoms with van der Waals surface area (Å²) in [7, 11) is 8.07. The van der Waals surface area contributed by atoms with Gasteiger partial charge in [-0.05, 0) is 35.0 Å². The zero-order chi connectivity index (χ0) is 19.8. The summed E-state index contributed by atoms with van der Waals surface area (Å²) in [5.74, 6) is 3.00. The molecular formula is C22H21NO5. The van der Waals surface area contributed by atoms with Crippen LogP contribution in [-0.4, -0.2) is 40.5 Å². The molecule has 0 atom stereocenters. The van der Waals surface area contributed by atoms with Crippen molar-refractivity contribution >= 4 is 32.4 Å². The van der Waals surface area contributed by atoms with Crippen molar-refractivity contribution in [3.63, 3.8) is 0 Å². The van der Waals surface area contributed by atoms with Crippen LogP contribution in [0.25, 0.3) is 32.4 Å². The molecule has 0 radical (unpaired) electrons. The van der Waals surface area contributed by atoms with Gasteiger partial charge in [0.1, 0.15) is 0 Å². The molecule has 0 aliphatic rings. The number of hydrogen-bond donors (Lipinski definition) is 0. The van der Waals surface area contributed by atoms with Crippen LogP contribution in [0.15, 0.2) is 36.5 Å². The molecule has 1 heterocycles. The molecule has 3 aromatic carbocycles. The molecule has 0 saturated heterocycles. The monoisotopic (exact) mass is 379 g/mol. The number of pyridine rings is 1. The van der Waals surface area contributed by atoms with Crippen molar-refractivity contribution in [2.24, 2.45) is 0 Å². The summed E-state index contributed by atoms with van der Waals surface area (Å²) in [4.78, 5) is 4.63. The Labute approximate surface area is 162 Å². The molecule has 0 saturated carbocycles. The third-order valence-electron chi connectivity index (χ3n) is 4.98. The lowest BCUT2D eigenvalue weighted by Gasteiger charge is -2.19. The van der Waals surface area contributed by atoms with Crippen molar-refractivity contribution in [3.8, 4) is 28.7 Å². The van der Waals surface area contributed by atoms with Gasteiger partial charge in [0.2, 0.25) is 5.75 Å². The highest BCUT2D eigenvalue weighted by molar-refractivity contribution is 6.27. The van der Waals surface area contributed by atoms with Crippen LogP contribution in [0.5, 0.6) is 28.7 Å². The standard InChI is InChI=1S/C22H21NO5/c1-24-16-9-14-15(11-17(16)25-2)20-12(7-6-8-23-20)13-10-18(26-3)21(27-4)22(28-5)19(13)14/h6-11H,1-5H3. The van der Waals surface area contributed by atoms with Crippen LogP contribution in [0.3, 0.4) is 0 Å². The second-order valence-corrected chi connectivity index (χ2v) is 6.22. The Morgan fingerprint density at radius 2 is 1.18 bits per heavy atom. The normalized spacial score (nSPS) is 11.0. The van der Waals surface area contributed by atoms with Gasteiger partial charge in [0, 0.05) is 22.4 Å². The number of aromatic nitrogens is 1. The van der Waals surface area contributed by atoms with E-state index in [4.69, 9.17) is 23.7 Å². The van der Waals surface area contributed by atoms with Crippen LogP contribution in [0.1, 0.15) is 0 Å². The molecule has 4 rings (SSSR count). The first kappa shape index (κ1) is 18.0. The molecule has 0 spiro atoms. The highest BCUT2D eigenvalue weighted by atomic mass is 16.5. The molecule has 0 unspecified atom stereocenters. The summed E-state index contributed by atoms with van der Waals surface area (Å²) in [5, 5.41) is 4.70. The van der Waals surface area contributed by atoms with E-state index in [9.17, 15) is 0 Å². The number of hydrogen-bond acceptors (Lipinski definition) is 6. The Morgan fingerprint density at radius 1 is 0.607 bits per heavy atom. The first-order valence-corrected chi connectivity index (χ1v) is 8.73. The molecule has 1 aromatic heterocycles. The van der Waals surface area contributed by atoms with Crippen LogP contribution in [0.2, 0.25) is 0 Å². The number of fused-ring (bicyclic) bond motifs is 6. The van der Waals surface area contributed by atoms with Crippen LogP contribution < -0.4 is 23.7 Å². The number of nitrogens with zero attached hydrogens (tertiary/aromatic N) is 1. The van der Waals surface area contributed by atoms with E-state index in [0.717, 1.165) is 32.4 Å². The lowest BCUT2D eigenvalue weighted by atomic mass is 9.95. The van der Waals surface area contributed by atoms with Gasteiger partial charge in [-0.2, -0.15) is 0 Å². The second-order valence-electron chi connectivity index (χ2n) is 6.22. The van der Waals surface area contributed by atoms with Crippen molar-refractivity contribution in [2.75, 3.05) is 35.5 Å². The van der Waals surface area contributed by atoms with E-state index < -0.39 is 0 Å². The van der Waals surface area contributed by atoms with Gasteiger partial charge in [0.05, 0.1) is 41.1 Å². The quantitative estimate of drug-likeness (QED) is 0.473. The maximum atomic E-state index is 5.78. The van der Waals surface area contributed by atoms with Crippen molar-refractivity contribution in [3.05, 3.63) is 36.5 Å². The fraction of sp³-hybridized carbons (Fsp3) is 0.227. The predicted molar refractivity (Wildman–Crippen MR) is 110 cm³/mol. The minimum Gasteiger partial charge on any atom is -0.493 e. The van der Waals surface area contributed by atoms with Crippen LogP contribution in [0.4, 0.5) is 0 Å². The molecule has 0 amide bonds. The molecular weight excluding hydrogens is 358 g/mol. The first-order valence-electron chi connectivity index (χ1n) is 8.73. The Morgan fingerprint density at radius 3 is 1.79 bits per heavy atom. The van der Waals surface area contributed by atoms with E-state index in [1.807, 2.05) is 30.3 Å². The number of benzene rings is 3. The van der Waals surface area contributed by atoms with Crippen molar-refractivity contribution in [1.82, 2.24) is 4.98 Å². The molecule has 6 nitrogen and oxygen atoms in total.